The summed E-state index contributed by atoms with van der Waals surface area (Å²) in [7, 11) is -6.17. The molecule has 0 spiro atoms. The zero-order valence-corrected chi connectivity index (χ0v) is 6.79. The smallest absolute Gasteiger partial charge is 0.260 e. The Morgan fingerprint density at radius 2 is 1.00 bits per heavy atom. The largest absolute Gasteiger partial charge is 0.353 e. The molecule has 0 radical (unpaired) electrons. The van der Waals surface area contributed by atoms with Crippen LogP contribution >= 0.6 is 0 Å². The molecule has 10 heteroatoms. The Hall–Kier alpha value is -1.42. The number of amides is 2. The first-order valence-electron chi connectivity index (χ1n) is 2.14. The summed E-state index contributed by atoms with van der Waals surface area (Å²) >= 11 is 0. The van der Waals surface area contributed by atoms with Gasteiger partial charge in [-0.15, -0.1) is 0 Å². The molecule has 0 aromatic heterocycles. The zero-order chi connectivity index (χ0) is 9.72. The maximum absolute atomic E-state index is 10.2. The normalized spacial score (nSPS) is 8.33. The highest BCUT2D eigenvalue weighted by Gasteiger charge is 2.12. The third kappa shape index (κ3) is 4.40. The molecule has 0 aromatic rings. The van der Waals surface area contributed by atoms with E-state index in [0.717, 1.165) is 0 Å². The predicted octanol–water partition coefficient (Wildman–Crippen LogP) is -1.83. The van der Waals surface area contributed by atoms with Crippen molar-refractivity contribution in [3.8, 4) is 0 Å². The van der Waals surface area contributed by atoms with Gasteiger partial charge in [0.05, 0.1) is 0 Å². The molecule has 12 heavy (non-hydrogen) atoms. The summed E-state index contributed by atoms with van der Waals surface area (Å²) in [6, 6.07) is 0. The van der Waals surface area contributed by atoms with E-state index in [9.17, 15) is 26.4 Å². The second-order valence-corrected chi connectivity index (χ2v) is 2.46. The maximum Gasteiger partial charge on any atom is 0.353 e. The lowest BCUT2D eigenvalue weighted by molar-refractivity contribution is -0.134. The van der Waals surface area contributed by atoms with Gasteiger partial charge in [-0.3, -0.25) is 9.59 Å². The molecule has 0 heterocycles. The minimum Gasteiger partial charge on any atom is -0.260 e. The fraction of sp³-hybridized carbons (Fsp3) is 0. The Bertz CT molecular complexity index is 404. The molecule has 0 bridgehead atoms. The van der Waals surface area contributed by atoms with Crippen molar-refractivity contribution in [3.63, 3.8) is 0 Å². The third-order valence-corrected chi connectivity index (χ3v) is 1.13. The molecule has 0 saturated heterocycles. The van der Waals surface area contributed by atoms with Crippen molar-refractivity contribution in [2.24, 2.45) is 8.73 Å². The first-order chi connectivity index (χ1) is 5.43. The highest BCUT2D eigenvalue weighted by atomic mass is 32.2. The lowest BCUT2D eigenvalue weighted by atomic mass is 10.6. The average molecular weight is 212 g/mol. The molecule has 0 atom stereocenters. The van der Waals surface area contributed by atoms with Crippen LogP contribution < -0.4 is 0 Å². The van der Waals surface area contributed by atoms with Crippen LogP contribution in [0.4, 0.5) is 0 Å². The van der Waals surface area contributed by atoms with Gasteiger partial charge in [0.2, 0.25) is 0 Å². The lowest BCUT2D eigenvalue weighted by Gasteiger charge is -1.74. The van der Waals surface area contributed by atoms with Gasteiger partial charge in [-0.25, -0.2) is 0 Å². The molecule has 0 N–H and O–H groups in total. The van der Waals surface area contributed by atoms with Crippen molar-refractivity contribution >= 4 is 32.8 Å². The van der Waals surface area contributed by atoms with Crippen LogP contribution in [0.2, 0.25) is 0 Å². The summed E-state index contributed by atoms with van der Waals surface area (Å²) in [5.74, 6) is -3.51. The van der Waals surface area contributed by atoms with Gasteiger partial charge < -0.3 is 0 Å². The summed E-state index contributed by atoms with van der Waals surface area (Å²) in [5.41, 5.74) is 0. The van der Waals surface area contributed by atoms with E-state index < -0.39 is 32.8 Å². The minimum absolute atomic E-state index is 1.76. The van der Waals surface area contributed by atoms with Crippen LogP contribution in [0.15, 0.2) is 8.73 Å². The monoisotopic (exact) mass is 212 g/mol. The van der Waals surface area contributed by atoms with Crippen LogP contribution in [0.5, 0.6) is 0 Å². The average Bonchev–Trinajstić information content (AvgIpc) is 1.84. The molecule has 0 aromatic carbocycles. The van der Waals surface area contributed by atoms with Crippen LogP contribution in [0.25, 0.3) is 0 Å². The second kappa shape index (κ2) is 4.46. The zero-order valence-electron chi connectivity index (χ0n) is 5.16. The van der Waals surface area contributed by atoms with E-state index in [1.165, 1.54) is 0 Å². The fourth-order valence-electron chi connectivity index (χ4n) is 0.213. The van der Waals surface area contributed by atoms with Gasteiger partial charge in [0.25, 0.3) is 0 Å². The van der Waals surface area contributed by atoms with Crippen molar-refractivity contribution in [3.05, 3.63) is 0 Å². The van der Waals surface area contributed by atoms with Gasteiger partial charge in [0.15, 0.2) is 0 Å². The standard InChI is InChI=1S/C2N2O6S2/c5-1(3-11(7)8)2(6)4-12(9)10. The van der Waals surface area contributed by atoms with E-state index in [-0.39, 0.29) is 0 Å². The van der Waals surface area contributed by atoms with Crippen LogP contribution in [-0.2, 0) is 30.6 Å². The van der Waals surface area contributed by atoms with E-state index in [1.807, 2.05) is 0 Å². The van der Waals surface area contributed by atoms with Gasteiger partial charge in [0, 0.05) is 0 Å². The third-order valence-electron chi connectivity index (χ3n) is 0.498. The summed E-state index contributed by atoms with van der Waals surface area (Å²) in [4.78, 5) is 20.4. The summed E-state index contributed by atoms with van der Waals surface area (Å²) in [6.45, 7) is 0. The lowest BCUT2D eigenvalue weighted by Crippen LogP contribution is -2.06. The molecule has 8 nitrogen and oxygen atoms in total. The van der Waals surface area contributed by atoms with Crippen LogP contribution in [0.1, 0.15) is 0 Å². The Balaban J connectivity index is 4.90. The maximum atomic E-state index is 10.2. The van der Waals surface area contributed by atoms with E-state index in [2.05, 4.69) is 8.73 Å². The van der Waals surface area contributed by atoms with Gasteiger partial charge >= 0.3 is 32.8 Å². The predicted molar refractivity (Wildman–Crippen MR) is 32.7 cm³/mol. The van der Waals surface area contributed by atoms with Gasteiger partial charge in [0.1, 0.15) is 0 Å². The molecule has 0 unspecified atom stereocenters. The summed E-state index contributed by atoms with van der Waals surface area (Å²) in [6.07, 6.45) is 0. The van der Waals surface area contributed by atoms with E-state index >= 15 is 0 Å². The Kier molecular flexibility index (Phi) is 3.93. The fourth-order valence-corrected chi connectivity index (χ4v) is 0.640. The highest BCUT2D eigenvalue weighted by Crippen LogP contribution is 1.80. The van der Waals surface area contributed by atoms with E-state index in [0.29, 0.717) is 0 Å². The molecular formula is C2N2O6S2. The van der Waals surface area contributed by atoms with E-state index in [4.69, 9.17) is 0 Å². The molecular weight excluding hydrogens is 212 g/mol. The van der Waals surface area contributed by atoms with Crippen molar-refractivity contribution in [2.45, 2.75) is 0 Å². The highest BCUT2D eigenvalue weighted by molar-refractivity contribution is 7.62. The number of carbonyl (C=O) groups excluding carboxylic acids is 2. The molecule has 0 aliphatic rings. The molecule has 0 aliphatic heterocycles. The summed E-state index contributed by atoms with van der Waals surface area (Å²) < 4.78 is 43.0. The van der Waals surface area contributed by atoms with Crippen LogP contribution in [0.3, 0.4) is 0 Å². The van der Waals surface area contributed by atoms with Crippen LogP contribution in [0, 0.1) is 0 Å². The van der Waals surface area contributed by atoms with Gasteiger partial charge in [-0.2, -0.15) is 16.8 Å². The number of hydrogen-bond donors (Lipinski definition) is 0. The van der Waals surface area contributed by atoms with Gasteiger partial charge in [-0.05, 0) is 0 Å². The SMILES string of the molecule is O=C(N=S(=O)=O)C(=O)N=S(=O)=O. The van der Waals surface area contributed by atoms with E-state index in [1.54, 1.807) is 0 Å². The van der Waals surface area contributed by atoms with Gasteiger partial charge in [-0.1, -0.05) is 8.73 Å². The van der Waals surface area contributed by atoms with Crippen molar-refractivity contribution < 1.29 is 26.4 Å². The topological polar surface area (TPSA) is 127 Å². The number of nitrogens with zero attached hydrogens (tertiary/aromatic N) is 2. The first kappa shape index (κ1) is 10.6. The van der Waals surface area contributed by atoms with Crippen molar-refractivity contribution in [2.75, 3.05) is 0 Å². The number of hydrogen-bond acceptors (Lipinski definition) is 6. The van der Waals surface area contributed by atoms with Crippen molar-refractivity contribution in [1.29, 1.82) is 0 Å². The van der Waals surface area contributed by atoms with Crippen LogP contribution in [-0.4, -0.2) is 28.6 Å². The molecule has 0 saturated carbocycles. The molecule has 2 amide bonds. The Labute approximate surface area is 68.6 Å². The molecule has 0 aliphatic carbocycles. The summed E-state index contributed by atoms with van der Waals surface area (Å²) in [5, 5.41) is 0. The minimum atomic E-state index is -3.09. The molecule has 0 fully saturated rings. The second-order valence-electron chi connectivity index (χ2n) is 1.23. The molecule has 66 valence electrons. The number of rotatable bonds is 0. The molecule has 0 rings (SSSR count). The Morgan fingerprint density at radius 3 is 1.17 bits per heavy atom. The van der Waals surface area contributed by atoms with Crippen molar-refractivity contribution in [1.82, 2.24) is 0 Å². The first-order valence-corrected chi connectivity index (χ1v) is 4.20. The number of carbonyl (C=O) groups is 2. The Morgan fingerprint density at radius 1 is 0.750 bits per heavy atom. The quantitative estimate of drug-likeness (QED) is 0.434.